The highest BCUT2D eigenvalue weighted by molar-refractivity contribution is 7.93. The fourth-order valence-corrected chi connectivity index (χ4v) is 7.39. The molecule has 36 heavy (non-hydrogen) atoms. The third-order valence-corrected chi connectivity index (χ3v) is 9.79. The number of anilines is 3. The van der Waals surface area contributed by atoms with E-state index < -0.39 is 26.0 Å². The summed E-state index contributed by atoms with van der Waals surface area (Å²) >= 11 is 2.06. The zero-order valence-corrected chi connectivity index (χ0v) is 22.5. The summed E-state index contributed by atoms with van der Waals surface area (Å²) in [6, 6.07) is 10.6. The van der Waals surface area contributed by atoms with Crippen LogP contribution in [0, 0.1) is 20.8 Å². The number of hydrogen-bond acceptors (Lipinski definition) is 9. The Hall–Kier alpha value is -3.33. The standard InChI is InChI=1S/C22H21N5O5S4/c1-13-4-9-18(14(2)12-13)36(31,32)27-22-24-15(3)19(34-22)20(28)25-16-5-7-17(8-6-16)35(29,30)26-21-23-10-11-33-21/h4-12H,1-3H3,(H,23,26)(H,24,27)(H,25,28). The average Bonchev–Trinajstić information content (AvgIpc) is 3.42. The Labute approximate surface area is 216 Å². The second kappa shape index (κ2) is 9.97. The predicted octanol–water partition coefficient (Wildman–Crippen LogP) is 4.38. The average molecular weight is 564 g/mol. The zero-order valence-electron chi connectivity index (χ0n) is 19.3. The summed E-state index contributed by atoms with van der Waals surface area (Å²) in [7, 11) is -7.70. The number of aryl methyl sites for hydroxylation is 3. The molecule has 10 nitrogen and oxygen atoms in total. The molecule has 2 aromatic heterocycles. The van der Waals surface area contributed by atoms with Gasteiger partial charge in [-0.05, 0) is 56.7 Å². The highest BCUT2D eigenvalue weighted by atomic mass is 32.2. The number of sulfonamides is 2. The predicted molar refractivity (Wildman–Crippen MR) is 141 cm³/mol. The van der Waals surface area contributed by atoms with Gasteiger partial charge >= 0.3 is 0 Å². The number of benzene rings is 2. The fourth-order valence-electron chi connectivity index (χ4n) is 3.27. The Balaban J connectivity index is 1.47. The van der Waals surface area contributed by atoms with E-state index in [1.165, 1.54) is 36.5 Å². The molecule has 2 heterocycles. The van der Waals surface area contributed by atoms with Crippen molar-refractivity contribution in [3.05, 3.63) is 75.7 Å². The van der Waals surface area contributed by atoms with E-state index >= 15 is 0 Å². The first-order valence-corrected chi connectivity index (χ1v) is 15.0. The van der Waals surface area contributed by atoms with Crippen molar-refractivity contribution in [2.24, 2.45) is 0 Å². The first-order valence-electron chi connectivity index (χ1n) is 10.4. The van der Waals surface area contributed by atoms with E-state index in [0.717, 1.165) is 28.2 Å². The number of hydrogen-bond donors (Lipinski definition) is 3. The molecule has 0 aliphatic heterocycles. The highest BCUT2D eigenvalue weighted by Gasteiger charge is 2.22. The van der Waals surface area contributed by atoms with Gasteiger partial charge in [0.15, 0.2) is 10.3 Å². The second-order valence-corrected chi connectivity index (χ2v) is 13.0. The molecule has 0 radical (unpaired) electrons. The van der Waals surface area contributed by atoms with Crippen molar-refractivity contribution in [1.29, 1.82) is 0 Å². The number of rotatable bonds is 8. The minimum atomic E-state index is -3.89. The SMILES string of the molecule is Cc1ccc(S(=O)(=O)Nc2nc(C)c(C(=O)Nc3ccc(S(=O)(=O)Nc4nccs4)cc3)s2)c(C)c1. The summed E-state index contributed by atoms with van der Waals surface area (Å²) in [5.74, 6) is -0.501. The molecule has 2 aromatic carbocycles. The Morgan fingerprint density at radius 2 is 1.58 bits per heavy atom. The molecule has 0 bridgehead atoms. The Bertz CT molecular complexity index is 1630. The van der Waals surface area contributed by atoms with Gasteiger partial charge in [0, 0.05) is 17.3 Å². The minimum absolute atomic E-state index is 0.00719. The van der Waals surface area contributed by atoms with Crippen LogP contribution in [0.1, 0.15) is 26.5 Å². The molecular formula is C22H21N5O5S4. The van der Waals surface area contributed by atoms with Crippen LogP contribution in [0.25, 0.3) is 0 Å². The van der Waals surface area contributed by atoms with E-state index in [4.69, 9.17) is 0 Å². The van der Waals surface area contributed by atoms with Crippen LogP contribution in [0.3, 0.4) is 0 Å². The molecule has 188 valence electrons. The highest BCUT2D eigenvalue weighted by Crippen LogP contribution is 2.27. The number of amides is 1. The van der Waals surface area contributed by atoms with Crippen molar-refractivity contribution >= 4 is 64.6 Å². The van der Waals surface area contributed by atoms with Crippen molar-refractivity contribution in [1.82, 2.24) is 9.97 Å². The van der Waals surface area contributed by atoms with Gasteiger partial charge in [0.05, 0.1) is 15.5 Å². The number of nitrogens with one attached hydrogen (secondary N) is 3. The molecule has 0 saturated carbocycles. The summed E-state index contributed by atoms with van der Waals surface area (Å²) in [4.78, 5) is 21.3. The lowest BCUT2D eigenvalue weighted by Crippen LogP contribution is -2.14. The van der Waals surface area contributed by atoms with Crippen molar-refractivity contribution in [2.45, 2.75) is 30.6 Å². The van der Waals surface area contributed by atoms with E-state index in [0.29, 0.717) is 16.9 Å². The summed E-state index contributed by atoms with van der Waals surface area (Å²) in [6.45, 7) is 5.18. The van der Waals surface area contributed by atoms with E-state index in [-0.39, 0.29) is 24.9 Å². The number of carbonyl (C=O) groups excluding carboxylic acids is 1. The van der Waals surface area contributed by atoms with E-state index in [1.54, 1.807) is 31.4 Å². The van der Waals surface area contributed by atoms with Gasteiger partial charge in [0.2, 0.25) is 0 Å². The zero-order chi connectivity index (χ0) is 26.1. The Morgan fingerprint density at radius 1 is 0.889 bits per heavy atom. The van der Waals surface area contributed by atoms with Gasteiger partial charge in [0.1, 0.15) is 4.88 Å². The van der Waals surface area contributed by atoms with Crippen LogP contribution >= 0.6 is 22.7 Å². The minimum Gasteiger partial charge on any atom is -0.321 e. The van der Waals surface area contributed by atoms with Crippen LogP contribution in [0.5, 0.6) is 0 Å². The van der Waals surface area contributed by atoms with Gasteiger partial charge in [-0.2, -0.15) is 0 Å². The number of aromatic nitrogens is 2. The maximum Gasteiger partial charge on any atom is 0.267 e. The quantitative estimate of drug-likeness (QED) is 0.288. The largest absolute Gasteiger partial charge is 0.321 e. The van der Waals surface area contributed by atoms with E-state index in [2.05, 4.69) is 24.7 Å². The van der Waals surface area contributed by atoms with Crippen LogP contribution in [0.15, 0.2) is 63.8 Å². The van der Waals surface area contributed by atoms with Crippen molar-refractivity contribution < 1.29 is 21.6 Å². The number of nitrogens with zero attached hydrogens (tertiary/aromatic N) is 2. The van der Waals surface area contributed by atoms with Crippen LogP contribution in [-0.4, -0.2) is 32.7 Å². The molecule has 4 aromatic rings. The molecule has 0 aliphatic carbocycles. The van der Waals surface area contributed by atoms with Crippen LogP contribution < -0.4 is 14.8 Å². The molecule has 3 N–H and O–H groups in total. The van der Waals surface area contributed by atoms with Crippen LogP contribution in [0.2, 0.25) is 0 Å². The van der Waals surface area contributed by atoms with Crippen LogP contribution in [-0.2, 0) is 20.0 Å². The Kier molecular flexibility index (Phi) is 7.13. The van der Waals surface area contributed by atoms with Gasteiger partial charge < -0.3 is 5.32 Å². The lowest BCUT2D eigenvalue weighted by Gasteiger charge is -2.08. The third kappa shape index (κ3) is 5.73. The topological polar surface area (TPSA) is 147 Å². The van der Waals surface area contributed by atoms with Gasteiger partial charge in [0.25, 0.3) is 26.0 Å². The lowest BCUT2D eigenvalue weighted by atomic mass is 10.2. The smallest absolute Gasteiger partial charge is 0.267 e. The molecule has 0 unspecified atom stereocenters. The fraction of sp³-hybridized carbons (Fsp3) is 0.136. The third-order valence-electron chi connectivity index (χ3n) is 4.92. The first kappa shape index (κ1) is 25.8. The van der Waals surface area contributed by atoms with Gasteiger partial charge in [-0.1, -0.05) is 29.0 Å². The lowest BCUT2D eigenvalue weighted by molar-refractivity contribution is 0.102. The second-order valence-electron chi connectivity index (χ2n) is 7.73. The molecule has 4 rings (SSSR count). The van der Waals surface area contributed by atoms with E-state index in [9.17, 15) is 21.6 Å². The van der Waals surface area contributed by atoms with E-state index in [1.807, 2.05) is 6.92 Å². The summed E-state index contributed by atoms with van der Waals surface area (Å²) in [6.07, 6.45) is 1.49. The molecular weight excluding hydrogens is 543 g/mol. The molecule has 0 saturated heterocycles. The molecule has 0 aliphatic rings. The summed E-state index contributed by atoms with van der Waals surface area (Å²) in [5, 5.41) is 4.64. The van der Waals surface area contributed by atoms with Crippen molar-refractivity contribution in [3.8, 4) is 0 Å². The summed E-state index contributed by atoms with van der Waals surface area (Å²) < 4.78 is 55.4. The number of thiazole rings is 2. The Morgan fingerprint density at radius 3 is 2.22 bits per heavy atom. The van der Waals surface area contributed by atoms with Gasteiger partial charge in [-0.3, -0.25) is 14.2 Å². The summed E-state index contributed by atoms with van der Waals surface area (Å²) in [5.41, 5.74) is 2.25. The van der Waals surface area contributed by atoms with Crippen molar-refractivity contribution in [3.63, 3.8) is 0 Å². The maximum absolute atomic E-state index is 12.8. The first-order chi connectivity index (χ1) is 16.9. The van der Waals surface area contributed by atoms with Gasteiger partial charge in [-0.25, -0.2) is 26.8 Å². The van der Waals surface area contributed by atoms with Crippen molar-refractivity contribution in [2.75, 3.05) is 14.8 Å². The van der Waals surface area contributed by atoms with Gasteiger partial charge in [-0.15, -0.1) is 11.3 Å². The molecule has 0 spiro atoms. The molecule has 14 heteroatoms. The molecule has 0 atom stereocenters. The van der Waals surface area contributed by atoms with Crippen LogP contribution in [0.4, 0.5) is 16.0 Å². The number of carbonyl (C=O) groups is 1. The maximum atomic E-state index is 12.8. The molecule has 1 amide bonds. The normalized spacial score (nSPS) is 11.8. The monoisotopic (exact) mass is 563 g/mol. The molecule has 0 fully saturated rings.